The molecule has 0 aromatic heterocycles. The number of aryl methyl sites for hydroxylation is 1. The number of nitrogens with one attached hydrogen (secondary N) is 2. The maximum atomic E-state index is 4.78. The van der Waals surface area contributed by atoms with Gasteiger partial charge in [-0.2, -0.15) is 0 Å². The van der Waals surface area contributed by atoms with E-state index in [0.717, 1.165) is 30.9 Å². The number of hydrogen-bond donors (Lipinski definition) is 2. The maximum Gasteiger partial charge on any atom is 0.152 e. The van der Waals surface area contributed by atoms with Gasteiger partial charge in [0.15, 0.2) is 5.82 Å². The van der Waals surface area contributed by atoms with Gasteiger partial charge in [-0.1, -0.05) is 36.8 Å². The largest absolute Gasteiger partial charge is 0.387 e. The summed E-state index contributed by atoms with van der Waals surface area (Å²) in [5.74, 6) is 1.01. The van der Waals surface area contributed by atoms with Crippen molar-refractivity contribution in [3.63, 3.8) is 0 Å². The highest BCUT2D eigenvalue weighted by molar-refractivity contribution is 6.10. The molecule has 0 saturated carbocycles. The van der Waals surface area contributed by atoms with Gasteiger partial charge in [-0.3, -0.25) is 5.01 Å². The zero-order chi connectivity index (χ0) is 20.2. The van der Waals surface area contributed by atoms with Crippen molar-refractivity contribution in [3.05, 3.63) is 76.9 Å². The summed E-state index contributed by atoms with van der Waals surface area (Å²) in [5, 5.41) is 5.27. The van der Waals surface area contributed by atoms with Crippen molar-refractivity contribution in [2.75, 3.05) is 32.7 Å². The first kappa shape index (κ1) is 19.3. The lowest BCUT2D eigenvalue weighted by molar-refractivity contribution is 0.226. The van der Waals surface area contributed by atoms with Gasteiger partial charge in [0.25, 0.3) is 0 Å². The molecule has 0 bridgehead atoms. The van der Waals surface area contributed by atoms with Crippen LogP contribution in [0, 0.1) is 0 Å². The first-order valence-corrected chi connectivity index (χ1v) is 11.3. The Hall–Kier alpha value is -2.63. The van der Waals surface area contributed by atoms with E-state index in [0.29, 0.717) is 0 Å². The molecule has 30 heavy (non-hydrogen) atoms. The molecule has 4 aliphatic heterocycles. The Labute approximate surface area is 179 Å². The number of dihydropyridines is 1. The first-order chi connectivity index (χ1) is 14.9. The van der Waals surface area contributed by atoms with Crippen molar-refractivity contribution in [2.45, 2.75) is 32.1 Å². The Balaban J connectivity index is 1.21. The lowest BCUT2D eigenvalue weighted by Crippen LogP contribution is -2.30. The van der Waals surface area contributed by atoms with Crippen LogP contribution < -0.4 is 10.7 Å². The Morgan fingerprint density at radius 3 is 2.67 bits per heavy atom. The summed E-state index contributed by atoms with van der Waals surface area (Å²) >= 11 is 0. The Morgan fingerprint density at radius 1 is 1.00 bits per heavy atom. The molecule has 1 aromatic rings. The van der Waals surface area contributed by atoms with Gasteiger partial charge in [0, 0.05) is 36.7 Å². The average molecular weight is 402 g/mol. The molecule has 0 unspecified atom stereocenters. The van der Waals surface area contributed by atoms with E-state index < -0.39 is 0 Å². The molecule has 2 N–H and O–H groups in total. The van der Waals surface area contributed by atoms with Crippen molar-refractivity contribution in [1.82, 2.24) is 20.7 Å². The van der Waals surface area contributed by atoms with Gasteiger partial charge in [-0.05, 0) is 74.3 Å². The SMILES string of the molecule is C1=CC(C2=C3N=CC(c4ccc(CCCN5CCCCC5)cc4)=CN3NC2)=CCN1. The minimum absolute atomic E-state index is 0.808. The third-order valence-corrected chi connectivity index (χ3v) is 6.36. The quantitative estimate of drug-likeness (QED) is 0.764. The standard InChI is InChI=1S/C25H31N5/c1-2-14-29(15-3-1)16-4-5-20-6-8-21(9-7-20)23-17-27-25-24(18-28-30(25)19-23)22-10-12-26-13-11-22/h6-12,17,19,26,28H,1-5,13-16,18H2. The Bertz CT molecular complexity index is 913. The van der Waals surface area contributed by atoms with E-state index in [1.807, 2.05) is 12.4 Å². The van der Waals surface area contributed by atoms with Crippen LogP contribution in [0.2, 0.25) is 0 Å². The number of rotatable bonds is 6. The van der Waals surface area contributed by atoms with Gasteiger partial charge >= 0.3 is 0 Å². The fourth-order valence-corrected chi connectivity index (χ4v) is 4.62. The summed E-state index contributed by atoms with van der Waals surface area (Å²) in [6.07, 6.45) is 17.1. The average Bonchev–Trinajstić information content (AvgIpc) is 3.24. The number of nitrogens with zero attached hydrogens (tertiary/aromatic N) is 3. The predicted octanol–water partition coefficient (Wildman–Crippen LogP) is 3.61. The Morgan fingerprint density at radius 2 is 1.87 bits per heavy atom. The second-order valence-corrected chi connectivity index (χ2v) is 8.45. The molecule has 5 rings (SSSR count). The molecule has 1 saturated heterocycles. The number of hydrogen-bond acceptors (Lipinski definition) is 5. The summed E-state index contributed by atoms with van der Waals surface area (Å²) in [6, 6.07) is 9.02. The molecule has 5 heteroatoms. The van der Waals surface area contributed by atoms with Crippen LogP contribution >= 0.6 is 0 Å². The van der Waals surface area contributed by atoms with Crippen LogP contribution in [0.4, 0.5) is 0 Å². The fraction of sp³-hybridized carbons (Fsp3) is 0.400. The monoisotopic (exact) mass is 401 g/mol. The van der Waals surface area contributed by atoms with Crippen LogP contribution in [0.3, 0.4) is 0 Å². The van der Waals surface area contributed by atoms with Crippen LogP contribution in [0.1, 0.15) is 36.8 Å². The minimum Gasteiger partial charge on any atom is -0.387 e. The van der Waals surface area contributed by atoms with Gasteiger partial charge in [0.05, 0.1) is 0 Å². The number of allylic oxidation sites excluding steroid dienone is 2. The summed E-state index contributed by atoms with van der Waals surface area (Å²) in [4.78, 5) is 7.40. The number of likely N-dealkylation sites (tertiary alicyclic amines) is 1. The molecule has 156 valence electrons. The number of hydrazine groups is 1. The molecular formula is C25H31N5. The van der Waals surface area contributed by atoms with Crippen LogP contribution in [-0.2, 0) is 6.42 Å². The smallest absolute Gasteiger partial charge is 0.152 e. The van der Waals surface area contributed by atoms with Gasteiger partial charge in [0.2, 0.25) is 0 Å². The second kappa shape index (κ2) is 9.02. The zero-order valence-electron chi connectivity index (χ0n) is 17.6. The lowest BCUT2D eigenvalue weighted by atomic mass is 10.0. The molecule has 0 spiro atoms. The van der Waals surface area contributed by atoms with Crippen LogP contribution in [0.25, 0.3) is 5.57 Å². The van der Waals surface area contributed by atoms with Crippen LogP contribution in [-0.4, -0.2) is 48.8 Å². The van der Waals surface area contributed by atoms with E-state index in [4.69, 9.17) is 4.99 Å². The normalized spacial score (nSPS) is 21.4. The van der Waals surface area contributed by atoms with E-state index >= 15 is 0 Å². The Kier molecular flexibility index (Phi) is 5.82. The lowest BCUT2D eigenvalue weighted by Gasteiger charge is -2.26. The summed E-state index contributed by atoms with van der Waals surface area (Å²) in [5.41, 5.74) is 9.73. The molecule has 1 fully saturated rings. The highest BCUT2D eigenvalue weighted by Crippen LogP contribution is 2.29. The van der Waals surface area contributed by atoms with Gasteiger partial charge in [-0.15, -0.1) is 0 Å². The topological polar surface area (TPSA) is 42.9 Å². The molecule has 0 aliphatic carbocycles. The predicted molar refractivity (Wildman–Crippen MR) is 124 cm³/mol. The minimum atomic E-state index is 0.808. The second-order valence-electron chi connectivity index (χ2n) is 8.45. The van der Waals surface area contributed by atoms with Crippen molar-refractivity contribution < 1.29 is 0 Å². The number of benzene rings is 1. The first-order valence-electron chi connectivity index (χ1n) is 11.3. The van der Waals surface area contributed by atoms with Gasteiger partial charge in [0.1, 0.15) is 0 Å². The molecule has 0 amide bonds. The van der Waals surface area contributed by atoms with Gasteiger partial charge < -0.3 is 10.2 Å². The molecule has 0 atom stereocenters. The summed E-state index contributed by atoms with van der Waals surface area (Å²) < 4.78 is 0. The molecule has 5 nitrogen and oxygen atoms in total. The number of aliphatic imine (C=N–C) groups is 1. The van der Waals surface area contributed by atoms with Crippen molar-refractivity contribution in [1.29, 1.82) is 0 Å². The third-order valence-electron chi connectivity index (χ3n) is 6.36. The van der Waals surface area contributed by atoms with Gasteiger partial charge in [-0.25, -0.2) is 10.4 Å². The summed E-state index contributed by atoms with van der Waals surface area (Å²) in [6.45, 7) is 5.50. The van der Waals surface area contributed by atoms with Crippen molar-refractivity contribution in [3.8, 4) is 0 Å². The highest BCUT2D eigenvalue weighted by Gasteiger charge is 2.25. The molecule has 4 aliphatic rings. The number of piperidine rings is 1. The summed E-state index contributed by atoms with van der Waals surface area (Å²) in [7, 11) is 0. The fourth-order valence-electron chi connectivity index (χ4n) is 4.62. The molecule has 1 aromatic carbocycles. The van der Waals surface area contributed by atoms with Crippen molar-refractivity contribution in [2.24, 2.45) is 4.99 Å². The highest BCUT2D eigenvalue weighted by atomic mass is 15.6. The molecule has 0 radical (unpaired) electrons. The van der Waals surface area contributed by atoms with Crippen LogP contribution in [0.5, 0.6) is 0 Å². The number of fused-ring (bicyclic) bond motifs is 1. The van der Waals surface area contributed by atoms with E-state index in [2.05, 4.69) is 63.3 Å². The van der Waals surface area contributed by atoms with E-state index in [1.54, 1.807) is 0 Å². The molecular weight excluding hydrogens is 370 g/mol. The maximum absolute atomic E-state index is 4.78. The molecule has 4 heterocycles. The van der Waals surface area contributed by atoms with E-state index in [9.17, 15) is 0 Å². The third kappa shape index (κ3) is 4.27. The zero-order valence-corrected chi connectivity index (χ0v) is 17.6. The van der Waals surface area contributed by atoms with E-state index in [1.165, 1.54) is 67.6 Å². The van der Waals surface area contributed by atoms with Crippen LogP contribution in [0.15, 0.2) is 70.8 Å². The van der Waals surface area contributed by atoms with Crippen molar-refractivity contribution >= 4 is 11.8 Å². The van der Waals surface area contributed by atoms with E-state index in [-0.39, 0.29) is 0 Å².